The van der Waals surface area contributed by atoms with Gasteiger partial charge in [0.15, 0.2) is 0 Å². The smallest absolute Gasteiger partial charge is 0.253 e. The predicted octanol–water partition coefficient (Wildman–Crippen LogP) is 4.57. The van der Waals surface area contributed by atoms with Crippen molar-refractivity contribution in [1.29, 1.82) is 0 Å². The molecule has 3 amide bonds. The molecule has 3 aliphatic rings. The van der Waals surface area contributed by atoms with Crippen LogP contribution in [0.15, 0.2) is 67.8 Å². The summed E-state index contributed by atoms with van der Waals surface area (Å²) in [5, 5.41) is 12.7. The summed E-state index contributed by atoms with van der Waals surface area (Å²) in [5.41, 5.74) is -0.456. The zero-order valence-electron chi connectivity index (χ0n) is 25.7. The second-order valence-corrected chi connectivity index (χ2v) is 12.3. The Morgan fingerprint density at radius 3 is 2.49 bits per heavy atom. The van der Waals surface area contributed by atoms with Crippen LogP contribution in [-0.2, 0) is 19.1 Å². The van der Waals surface area contributed by atoms with E-state index in [4.69, 9.17) is 4.74 Å². The van der Waals surface area contributed by atoms with Crippen molar-refractivity contribution in [3.63, 3.8) is 0 Å². The average molecular weight is 588 g/mol. The maximum Gasteiger partial charge on any atom is 0.253 e. The van der Waals surface area contributed by atoms with Gasteiger partial charge in [-0.15, -0.1) is 13.2 Å². The first-order valence-electron chi connectivity index (χ1n) is 15.7. The minimum absolute atomic E-state index is 0.0725. The number of carbonyl (C=O) groups is 3. The molecule has 0 saturated carbocycles. The molecule has 3 fully saturated rings. The standard InChI is InChI=1S/C35H45N3O5/c1-6-18-36(19-7-2)32(40)29-28-16-17-35(43-28)30(29)33(41)38(27(22-39)23(5)9-4)31(35)34(42)37(20-8-3)26-15-14-24-12-10-11-13-25(24)21-26/h6,8,10-15,21,23,27-31,39H,1,3,7,9,16-20,22H2,2,4-5H3/t23-,27-,28+,29-,30-,31?,35?/m0/s1. The van der Waals surface area contributed by atoms with Gasteiger partial charge in [0.25, 0.3) is 5.91 Å². The largest absolute Gasteiger partial charge is 0.394 e. The van der Waals surface area contributed by atoms with Crippen LogP contribution in [0.3, 0.4) is 0 Å². The van der Waals surface area contributed by atoms with Gasteiger partial charge in [0.2, 0.25) is 11.8 Å². The highest BCUT2D eigenvalue weighted by Crippen LogP contribution is 2.59. The summed E-state index contributed by atoms with van der Waals surface area (Å²) in [5.74, 6) is -2.23. The number of benzene rings is 2. The van der Waals surface area contributed by atoms with Gasteiger partial charge in [0.1, 0.15) is 11.6 Å². The van der Waals surface area contributed by atoms with Crippen LogP contribution in [0.2, 0.25) is 0 Å². The zero-order valence-corrected chi connectivity index (χ0v) is 25.7. The van der Waals surface area contributed by atoms with Crippen molar-refractivity contribution in [2.75, 3.05) is 31.1 Å². The number of rotatable bonds is 13. The van der Waals surface area contributed by atoms with Crippen molar-refractivity contribution < 1.29 is 24.2 Å². The number of hydrogen-bond acceptors (Lipinski definition) is 5. The van der Waals surface area contributed by atoms with Crippen LogP contribution in [-0.4, -0.2) is 82.7 Å². The lowest BCUT2D eigenvalue weighted by atomic mass is 9.70. The third kappa shape index (κ3) is 5.08. The van der Waals surface area contributed by atoms with Crippen molar-refractivity contribution in [2.24, 2.45) is 17.8 Å². The Kier molecular flexibility index (Phi) is 9.09. The first-order chi connectivity index (χ1) is 20.8. The van der Waals surface area contributed by atoms with Crippen LogP contribution in [0, 0.1) is 17.8 Å². The van der Waals surface area contributed by atoms with Gasteiger partial charge < -0.3 is 24.5 Å². The van der Waals surface area contributed by atoms with E-state index >= 15 is 0 Å². The van der Waals surface area contributed by atoms with Crippen LogP contribution >= 0.6 is 0 Å². The summed E-state index contributed by atoms with van der Waals surface area (Å²) in [6, 6.07) is 12.3. The summed E-state index contributed by atoms with van der Waals surface area (Å²) in [4.78, 5) is 48.6. The number of likely N-dealkylation sites (tertiary alicyclic amines) is 1. The van der Waals surface area contributed by atoms with Gasteiger partial charge in [-0.3, -0.25) is 14.4 Å². The molecular formula is C35H45N3O5. The lowest BCUT2D eigenvalue weighted by Crippen LogP contribution is -2.60. The van der Waals surface area contributed by atoms with E-state index in [2.05, 4.69) is 13.2 Å². The summed E-state index contributed by atoms with van der Waals surface area (Å²) < 4.78 is 6.71. The Bertz CT molecular complexity index is 1390. The monoisotopic (exact) mass is 587 g/mol. The molecule has 8 nitrogen and oxygen atoms in total. The third-order valence-corrected chi connectivity index (χ3v) is 9.88. The Labute approximate surface area is 255 Å². The molecule has 3 saturated heterocycles. The Hall–Kier alpha value is -3.49. The van der Waals surface area contributed by atoms with E-state index in [0.29, 0.717) is 38.0 Å². The molecule has 0 radical (unpaired) electrons. The molecule has 8 heteroatoms. The van der Waals surface area contributed by atoms with E-state index in [1.165, 1.54) is 0 Å². The van der Waals surface area contributed by atoms with Gasteiger partial charge >= 0.3 is 0 Å². The molecule has 7 atom stereocenters. The van der Waals surface area contributed by atoms with E-state index in [1.54, 1.807) is 26.9 Å². The van der Waals surface area contributed by atoms with Crippen LogP contribution in [0.4, 0.5) is 5.69 Å². The second kappa shape index (κ2) is 12.6. The number of ether oxygens (including phenoxy) is 1. The molecule has 43 heavy (non-hydrogen) atoms. The molecule has 2 aromatic rings. The number of hydrogen-bond donors (Lipinski definition) is 1. The summed E-state index contributed by atoms with van der Waals surface area (Å²) in [6.07, 6.45) is 5.52. The van der Waals surface area contributed by atoms with E-state index < -0.39 is 35.6 Å². The highest BCUT2D eigenvalue weighted by Gasteiger charge is 2.75. The number of aliphatic hydroxyl groups is 1. The van der Waals surface area contributed by atoms with Crippen LogP contribution < -0.4 is 4.90 Å². The number of aliphatic hydroxyl groups excluding tert-OH is 1. The number of amides is 3. The molecule has 3 heterocycles. The molecule has 230 valence electrons. The first-order valence-corrected chi connectivity index (χ1v) is 15.7. The van der Waals surface area contributed by atoms with Gasteiger partial charge in [-0.1, -0.05) is 69.7 Å². The summed E-state index contributed by atoms with van der Waals surface area (Å²) >= 11 is 0. The Balaban J connectivity index is 1.61. The number of nitrogens with zero attached hydrogens (tertiary/aromatic N) is 3. The lowest BCUT2D eigenvalue weighted by molar-refractivity contribution is -0.148. The van der Waals surface area contributed by atoms with Crippen LogP contribution in [0.25, 0.3) is 10.8 Å². The number of fused-ring (bicyclic) bond motifs is 2. The molecule has 0 aliphatic carbocycles. The van der Waals surface area contributed by atoms with Crippen molar-refractivity contribution >= 4 is 34.2 Å². The fourth-order valence-corrected chi connectivity index (χ4v) is 7.70. The van der Waals surface area contributed by atoms with E-state index in [-0.39, 0.29) is 36.8 Å². The molecule has 2 bridgehead atoms. The number of carbonyl (C=O) groups excluding carboxylic acids is 3. The first kappa shape index (κ1) is 31.0. The van der Waals surface area contributed by atoms with Crippen molar-refractivity contribution in [3.8, 4) is 0 Å². The van der Waals surface area contributed by atoms with Gasteiger partial charge in [0.05, 0.1) is 30.6 Å². The topological polar surface area (TPSA) is 90.4 Å². The lowest BCUT2D eigenvalue weighted by Gasteiger charge is -2.41. The molecule has 2 aromatic carbocycles. The molecule has 1 N–H and O–H groups in total. The van der Waals surface area contributed by atoms with E-state index in [9.17, 15) is 19.5 Å². The average Bonchev–Trinajstić information content (AvgIpc) is 3.66. The minimum atomic E-state index is -1.15. The maximum atomic E-state index is 14.9. The molecular weight excluding hydrogens is 542 g/mol. The highest BCUT2D eigenvalue weighted by atomic mass is 16.5. The fraction of sp³-hybridized carbons (Fsp3) is 0.514. The molecule has 1 spiro atoms. The van der Waals surface area contributed by atoms with Crippen molar-refractivity contribution in [1.82, 2.24) is 9.80 Å². The van der Waals surface area contributed by atoms with Crippen molar-refractivity contribution in [3.05, 3.63) is 67.8 Å². The normalized spacial score (nSPS) is 27.2. The molecule has 0 aromatic heterocycles. The Morgan fingerprint density at radius 2 is 1.84 bits per heavy atom. The van der Waals surface area contributed by atoms with E-state index in [0.717, 1.165) is 17.2 Å². The van der Waals surface area contributed by atoms with Gasteiger partial charge in [-0.05, 0) is 48.1 Å². The minimum Gasteiger partial charge on any atom is -0.394 e. The fourth-order valence-electron chi connectivity index (χ4n) is 7.70. The SMILES string of the molecule is C=CCN(CCC)C(=O)[C@@H]1[C@H]2C(=O)N([C@@H](CO)[C@@H](C)CC)C(C(=O)N(CC=C)c3ccc4ccccc4c3)C23CC[C@H]1O3. The molecule has 3 aliphatic heterocycles. The van der Waals surface area contributed by atoms with E-state index in [1.807, 2.05) is 63.2 Å². The zero-order chi connectivity index (χ0) is 30.9. The quantitative estimate of drug-likeness (QED) is 0.347. The molecule has 2 unspecified atom stereocenters. The predicted molar refractivity (Wildman–Crippen MR) is 168 cm³/mol. The van der Waals surface area contributed by atoms with Crippen LogP contribution in [0.5, 0.6) is 0 Å². The number of anilines is 1. The Morgan fingerprint density at radius 1 is 1.12 bits per heavy atom. The van der Waals surface area contributed by atoms with Gasteiger partial charge in [-0.25, -0.2) is 0 Å². The summed E-state index contributed by atoms with van der Waals surface area (Å²) in [6.45, 7) is 14.6. The maximum absolute atomic E-state index is 14.9. The molecule has 5 rings (SSSR count). The van der Waals surface area contributed by atoms with Gasteiger partial charge in [-0.2, -0.15) is 0 Å². The second-order valence-electron chi connectivity index (χ2n) is 12.3. The van der Waals surface area contributed by atoms with Crippen molar-refractivity contribution in [2.45, 2.75) is 70.2 Å². The highest BCUT2D eigenvalue weighted by molar-refractivity contribution is 6.06. The van der Waals surface area contributed by atoms with Crippen LogP contribution in [0.1, 0.15) is 46.5 Å². The summed E-state index contributed by atoms with van der Waals surface area (Å²) in [7, 11) is 0. The third-order valence-electron chi connectivity index (χ3n) is 9.88. The van der Waals surface area contributed by atoms with Gasteiger partial charge in [0, 0.05) is 25.3 Å².